The maximum Gasteiger partial charge on any atom is 0.416 e. The lowest BCUT2D eigenvalue weighted by Gasteiger charge is -2.20. The highest BCUT2D eigenvalue weighted by Gasteiger charge is 2.34. The molecule has 0 aliphatic carbocycles. The Kier molecular flexibility index (Phi) is 7.06. The van der Waals surface area contributed by atoms with E-state index < -0.39 is 17.8 Å². The molecule has 4 aromatic rings. The molecule has 1 aliphatic heterocycles. The molecule has 1 fully saturated rings. The predicted octanol–water partition coefficient (Wildman–Crippen LogP) is 5.05. The van der Waals surface area contributed by atoms with Gasteiger partial charge in [-0.2, -0.15) is 13.2 Å². The van der Waals surface area contributed by atoms with E-state index in [2.05, 4.69) is 16.8 Å². The van der Waals surface area contributed by atoms with Crippen LogP contribution in [0.15, 0.2) is 67.0 Å². The van der Waals surface area contributed by atoms with Crippen molar-refractivity contribution in [1.82, 2.24) is 14.3 Å². The number of halogens is 3. The molecule has 0 unspecified atom stereocenters. The molecule has 1 aliphatic rings. The van der Waals surface area contributed by atoms with Gasteiger partial charge in [0.05, 0.1) is 17.9 Å². The van der Waals surface area contributed by atoms with Crippen LogP contribution in [0, 0.1) is 18.8 Å². The van der Waals surface area contributed by atoms with Crippen molar-refractivity contribution in [3.05, 3.63) is 106 Å². The van der Waals surface area contributed by atoms with Crippen LogP contribution in [0.25, 0.3) is 5.65 Å². The lowest BCUT2D eigenvalue weighted by Crippen LogP contribution is -2.23. The van der Waals surface area contributed by atoms with Gasteiger partial charge in [0.1, 0.15) is 11.3 Å². The first kappa shape index (κ1) is 25.7. The zero-order valence-corrected chi connectivity index (χ0v) is 20.8. The van der Waals surface area contributed by atoms with Gasteiger partial charge >= 0.3 is 6.18 Å². The number of carbonyl (C=O) groups excluding carboxylic acids is 1. The number of β-amino-alcohol motifs (C(OH)–C–C–N with tert-alkyl or cyclic N) is 1. The van der Waals surface area contributed by atoms with E-state index in [9.17, 15) is 23.1 Å². The molecular weight excluding hydrogens is 491 g/mol. The number of aliphatic hydroxyl groups excluding tert-OH is 1. The summed E-state index contributed by atoms with van der Waals surface area (Å²) >= 11 is 0. The summed E-state index contributed by atoms with van der Waals surface area (Å²) in [4.78, 5) is 19.2. The highest BCUT2D eigenvalue weighted by atomic mass is 19.4. The number of rotatable bonds is 5. The van der Waals surface area contributed by atoms with Crippen molar-refractivity contribution in [2.24, 2.45) is 0 Å². The number of ketones is 1. The Morgan fingerprint density at radius 2 is 1.97 bits per heavy atom. The molecule has 8 heteroatoms. The zero-order valence-electron chi connectivity index (χ0n) is 20.8. The molecule has 3 heterocycles. The van der Waals surface area contributed by atoms with E-state index >= 15 is 0 Å². The fraction of sp³-hybridized carbons (Fsp3) is 0.267. The van der Waals surface area contributed by atoms with Crippen molar-refractivity contribution in [3.8, 4) is 11.8 Å². The lowest BCUT2D eigenvalue weighted by atomic mass is 9.96. The van der Waals surface area contributed by atoms with Gasteiger partial charge in [0.25, 0.3) is 0 Å². The van der Waals surface area contributed by atoms with Gasteiger partial charge < -0.3 is 5.11 Å². The van der Waals surface area contributed by atoms with Crippen LogP contribution >= 0.6 is 0 Å². The van der Waals surface area contributed by atoms with E-state index in [0.29, 0.717) is 41.9 Å². The number of pyridine rings is 1. The first-order valence-electron chi connectivity index (χ1n) is 12.3. The van der Waals surface area contributed by atoms with E-state index in [1.807, 2.05) is 40.6 Å². The minimum absolute atomic E-state index is 0.104. The van der Waals surface area contributed by atoms with Crippen LogP contribution in [0.1, 0.15) is 50.3 Å². The second-order valence-electron chi connectivity index (χ2n) is 9.62. The number of imidazole rings is 1. The molecule has 1 atom stereocenters. The highest BCUT2D eigenvalue weighted by molar-refractivity contribution is 5.98. The van der Waals surface area contributed by atoms with Gasteiger partial charge in [-0.1, -0.05) is 36.3 Å². The maximum atomic E-state index is 13.9. The topological polar surface area (TPSA) is 57.8 Å². The average molecular weight is 518 g/mol. The van der Waals surface area contributed by atoms with Crippen LogP contribution in [0.4, 0.5) is 13.2 Å². The quantitative estimate of drug-likeness (QED) is 0.297. The molecule has 5 rings (SSSR count). The molecule has 2 aromatic heterocycles. The summed E-state index contributed by atoms with van der Waals surface area (Å²) in [6.07, 6.45) is -1.11. The zero-order chi connectivity index (χ0) is 26.9. The van der Waals surface area contributed by atoms with Gasteiger partial charge in [-0.15, -0.1) is 0 Å². The molecule has 194 valence electrons. The van der Waals surface area contributed by atoms with Gasteiger partial charge in [-0.3, -0.25) is 14.1 Å². The number of hydrogen-bond acceptors (Lipinski definition) is 4. The van der Waals surface area contributed by atoms with E-state index in [0.717, 1.165) is 17.3 Å². The van der Waals surface area contributed by atoms with Crippen LogP contribution in [0.2, 0.25) is 0 Å². The summed E-state index contributed by atoms with van der Waals surface area (Å²) in [5, 5.41) is 9.71. The fourth-order valence-electron chi connectivity index (χ4n) is 4.71. The number of fused-ring (bicyclic) bond motifs is 1. The number of benzene rings is 2. The summed E-state index contributed by atoms with van der Waals surface area (Å²) in [5.41, 5.74) is 3.13. The van der Waals surface area contributed by atoms with Crippen LogP contribution in [0.3, 0.4) is 0 Å². The number of aryl methyl sites for hydroxylation is 1. The molecule has 38 heavy (non-hydrogen) atoms. The third-order valence-electron chi connectivity index (χ3n) is 6.79. The predicted molar refractivity (Wildman–Crippen MR) is 138 cm³/mol. The van der Waals surface area contributed by atoms with Crippen molar-refractivity contribution < 1.29 is 23.1 Å². The van der Waals surface area contributed by atoms with Crippen molar-refractivity contribution >= 4 is 11.4 Å². The first-order chi connectivity index (χ1) is 18.2. The van der Waals surface area contributed by atoms with E-state index in [4.69, 9.17) is 0 Å². The number of aromatic nitrogens is 2. The van der Waals surface area contributed by atoms with Crippen molar-refractivity contribution in [2.45, 2.75) is 38.6 Å². The Labute approximate surface area is 218 Å². The Hall–Kier alpha value is -3.93. The van der Waals surface area contributed by atoms with Gasteiger partial charge in [0.2, 0.25) is 0 Å². The Bertz CT molecular complexity index is 1560. The Morgan fingerprint density at radius 1 is 1.13 bits per heavy atom. The molecule has 5 nitrogen and oxygen atoms in total. The van der Waals surface area contributed by atoms with Crippen molar-refractivity contribution in [1.29, 1.82) is 0 Å². The van der Waals surface area contributed by atoms with Crippen LogP contribution in [0.5, 0.6) is 0 Å². The number of carbonyl (C=O) groups is 1. The first-order valence-corrected chi connectivity index (χ1v) is 12.3. The second kappa shape index (κ2) is 10.4. The molecule has 1 saturated heterocycles. The number of likely N-dealkylation sites (tertiary alicyclic amines) is 1. The molecule has 0 amide bonds. The molecular formula is C30H26F3N3O2. The highest BCUT2D eigenvalue weighted by Crippen LogP contribution is 2.34. The van der Waals surface area contributed by atoms with E-state index in [1.54, 1.807) is 30.5 Å². The number of hydrogen-bond donors (Lipinski definition) is 1. The monoisotopic (exact) mass is 517 g/mol. The van der Waals surface area contributed by atoms with Gasteiger partial charge in [0.15, 0.2) is 5.78 Å². The standard InChI is InChI=1S/C30H26F3N3O2/c1-20-5-7-23(16-22(20)9-10-25-17-34-29-4-2-3-12-36(25)29)28(38)15-21-6-8-24(27(14-21)30(31,32)33)18-35-13-11-26(37)19-35/h2-8,12,14,16-17,26,37H,11,13,15,18-19H2,1H3/t26-/m1/s1. The van der Waals surface area contributed by atoms with Crippen LogP contribution in [-0.4, -0.2) is 44.4 Å². The van der Waals surface area contributed by atoms with Crippen LogP contribution in [-0.2, 0) is 19.1 Å². The summed E-state index contributed by atoms with van der Waals surface area (Å²) in [6.45, 7) is 2.90. The molecule has 1 N–H and O–H groups in total. The smallest absolute Gasteiger partial charge is 0.392 e. The number of nitrogens with zero attached hydrogens (tertiary/aromatic N) is 3. The fourth-order valence-corrected chi connectivity index (χ4v) is 4.71. The van der Waals surface area contributed by atoms with E-state index in [1.165, 1.54) is 6.07 Å². The Morgan fingerprint density at radius 3 is 2.74 bits per heavy atom. The molecule has 0 radical (unpaired) electrons. The third-order valence-corrected chi connectivity index (χ3v) is 6.79. The normalized spacial score (nSPS) is 16.0. The summed E-state index contributed by atoms with van der Waals surface area (Å²) < 4.78 is 43.5. The summed E-state index contributed by atoms with van der Waals surface area (Å²) in [7, 11) is 0. The van der Waals surface area contributed by atoms with Crippen molar-refractivity contribution in [3.63, 3.8) is 0 Å². The summed E-state index contributed by atoms with van der Waals surface area (Å²) in [6, 6.07) is 14.9. The SMILES string of the molecule is Cc1ccc(C(=O)Cc2ccc(CN3CC[C@@H](O)C3)c(C(F)(F)F)c2)cc1C#Cc1cnc2ccccn12. The van der Waals surface area contributed by atoms with E-state index in [-0.39, 0.29) is 24.3 Å². The average Bonchev–Trinajstić information content (AvgIpc) is 3.49. The Balaban J connectivity index is 1.36. The molecule has 2 aromatic carbocycles. The largest absolute Gasteiger partial charge is 0.416 e. The van der Waals surface area contributed by atoms with Crippen molar-refractivity contribution in [2.75, 3.05) is 13.1 Å². The van der Waals surface area contributed by atoms with Gasteiger partial charge in [-0.05, 0) is 60.2 Å². The lowest BCUT2D eigenvalue weighted by molar-refractivity contribution is -0.138. The minimum Gasteiger partial charge on any atom is -0.392 e. The maximum absolute atomic E-state index is 13.9. The number of Topliss-reactive ketones (excluding diaryl/α,β-unsaturated/α-hetero) is 1. The third kappa shape index (κ3) is 5.64. The molecule has 0 bridgehead atoms. The van der Waals surface area contributed by atoms with Crippen LogP contribution < -0.4 is 0 Å². The van der Waals surface area contributed by atoms with Gasteiger partial charge in [-0.25, -0.2) is 4.98 Å². The number of alkyl halides is 3. The summed E-state index contributed by atoms with van der Waals surface area (Å²) in [5.74, 6) is 5.92. The number of aliphatic hydroxyl groups is 1. The minimum atomic E-state index is -4.54. The molecule has 0 spiro atoms. The van der Waals surface area contributed by atoms with Gasteiger partial charge in [0, 0.05) is 43.4 Å². The second-order valence-corrected chi connectivity index (χ2v) is 9.62. The molecule has 0 saturated carbocycles.